The standard InChI is InChI=1S/C16H17NO5S/c18-14(17-6-7-21-16(17)20)9-22-15(19)10-23-13-5-4-11-2-1-3-12(11)8-13/h4-5,8H,1-3,6-7,9-10H2. The van der Waals surface area contributed by atoms with Crippen molar-refractivity contribution in [1.29, 1.82) is 0 Å². The van der Waals surface area contributed by atoms with Gasteiger partial charge in [-0.2, -0.15) is 0 Å². The first-order valence-corrected chi connectivity index (χ1v) is 8.49. The van der Waals surface area contributed by atoms with Crippen LogP contribution in [0.4, 0.5) is 4.79 Å². The average Bonchev–Trinajstić information content (AvgIpc) is 3.18. The van der Waals surface area contributed by atoms with E-state index in [1.165, 1.54) is 29.3 Å². The molecular weight excluding hydrogens is 318 g/mol. The van der Waals surface area contributed by atoms with Crippen LogP contribution in [0.1, 0.15) is 17.5 Å². The summed E-state index contributed by atoms with van der Waals surface area (Å²) in [6, 6.07) is 6.23. The zero-order valence-corrected chi connectivity index (χ0v) is 13.4. The summed E-state index contributed by atoms with van der Waals surface area (Å²) in [6.07, 6.45) is 2.73. The van der Waals surface area contributed by atoms with Crippen LogP contribution in [-0.2, 0) is 31.9 Å². The van der Waals surface area contributed by atoms with Crippen molar-refractivity contribution in [2.75, 3.05) is 25.5 Å². The minimum absolute atomic E-state index is 0.135. The number of carbonyl (C=O) groups excluding carboxylic acids is 3. The number of ether oxygens (including phenoxy) is 2. The molecule has 1 fully saturated rings. The Labute approximate surface area is 138 Å². The van der Waals surface area contributed by atoms with E-state index in [1.807, 2.05) is 6.07 Å². The Morgan fingerprint density at radius 1 is 1.26 bits per heavy atom. The molecule has 0 unspecified atom stereocenters. The van der Waals surface area contributed by atoms with Gasteiger partial charge in [-0.15, -0.1) is 11.8 Å². The molecule has 0 bridgehead atoms. The van der Waals surface area contributed by atoms with Gasteiger partial charge in [-0.25, -0.2) is 9.69 Å². The minimum Gasteiger partial charge on any atom is -0.455 e. The molecule has 23 heavy (non-hydrogen) atoms. The van der Waals surface area contributed by atoms with E-state index in [2.05, 4.69) is 16.9 Å². The number of fused-ring (bicyclic) bond motifs is 1. The van der Waals surface area contributed by atoms with Gasteiger partial charge in [-0.05, 0) is 42.5 Å². The van der Waals surface area contributed by atoms with Crippen molar-refractivity contribution < 1.29 is 23.9 Å². The van der Waals surface area contributed by atoms with E-state index in [0.29, 0.717) is 0 Å². The minimum atomic E-state index is -0.682. The summed E-state index contributed by atoms with van der Waals surface area (Å²) in [4.78, 5) is 36.6. The van der Waals surface area contributed by atoms with Crippen LogP contribution in [0.2, 0.25) is 0 Å². The molecule has 1 aliphatic carbocycles. The van der Waals surface area contributed by atoms with Crippen LogP contribution in [0, 0.1) is 0 Å². The molecule has 1 aliphatic heterocycles. The topological polar surface area (TPSA) is 72.9 Å². The van der Waals surface area contributed by atoms with Crippen molar-refractivity contribution in [3.05, 3.63) is 29.3 Å². The fourth-order valence-electron chi connectivity index (χ4n) is 2.66. The van der Waals surface area contributed by atoms with Gasteiger partial charge in [-0.1, -0.05) is 6.07 Å². The number of hydrogen-bond donors (Lipinski definition) is 0. The number of amides is 2. The predicted molar refractivity (Wildman–Crippen MR) is 83.2 cm³/mol. The molecule has 0 radical (unpaired) electrons. The van der Waals surface area contributed by atoms with Crippen molar-refractivity contribution >= 4 is 29.7 Å². The van der Waals surface area contributed by atoms with E-state index in [1.54, 1.807) is 0 Å². The molecule has 122 valence electrons. The van der Waals surface area contributed by atoms with Crippen LogP contribution in [0.25, 0.3) is 0 Å². The molecule has 1 aromatic carbocycles. The largest absolute Gasteiger partial charge is 0.455 e. The van der Waals surface area contributed by atoms with Crippen molar-refractivity contribution in [2.45, 2.75) is 24.2 Å². The van der Waals surface area contributed by atoms with Gasteiger partial charge in [0, 0.05) is 4.90 Å². The Morgan fingerprint density at radius 3 is 2.87 bits per heavy atom. The van der Waals surface area contributed by atoms with Crippen LogP contribution in [0.3, 0.4) is 0 Å². The van der Waals surface area contributed by atoms with Crippen molar-refractivity contribution in [3.8, 4) is 0 Å². The second kappa shape index (κ2) is 7.04. The Balaban J connectivity index is 1.43. The molecule has 0 atom stereocenters. The molecule has 0 saturated carbocycles. The first kappa shape index (κ1) is 15.9. The lowest BCUT2D eigenvalue weighted by molar-refractivity contribution is -0.148. The molecule has 0 N–H and O–H groups in total. The Bertz CT molecular complexity index is 645. The first-order valence-electron chi connectivity index (χ1n) is 7.51. The number of cyclic esters (lactones) is 1. The van der Waals surface area contributed by atoms with Gasteiger partial charge in [0.1, 0.15) is 6.61 Å². The molecule has 1 saturated heterocycles. The molecule has 0 aromatic heterocycles. The summed E-state index contributed by atoms with van der Waals surface area (Å²) >= 11 is 1.39. The SMILES string of the molecule is O=C(CSc1ccc2c(c1)CCC2)OCC(=O)N1CCOC1=O. The lowest BCUT2D eigenvalue weighted by Gasteiger charge is -2.10. The van der Waals surface area contributed by atoms with Crippen LogP contribution >= 0.6 is 11.8 Å². The van der Waals surface area contributed by atoms with E-state index in [-0.39, 0.29) is 18.9 Å². The second-order valence-corrected chi connectivity index (χ2v) is 6.44. The highest BCUT2D eigenvalue weighted by atomic mass is 32.2. The van der Waals surface area contributed by atoms with Crippen molar-refractivity contribution in [3.63, 3.8) is 0 Å². The van der Waals surface area contributed by atoms with E-state index in [9.17, 15) is 14.4 Å². The lowest BCUT2D eigenvalue weighted by atomic mass is 10.1. The van der Waals surface area contributed by atoms with Crippen molar-refractivity contribution in [1.82, 2.24) is 4.90 Å². The summed E-state index contributed by atoms with van der Waals surface area (Å²) in [6.45, 7) is -0.0372. The lowest BCUT2D eigenvalue weighted by Crippen LogP contribution is -2.35. The fourth-order valence-corrected chi connectivity index (χ4v) is 3.42. The van der Waals surface area contributed by atoms with Crippen LogP contribution in [0.15, 0.2) is 23.1 Å². The highest BCUT2D eigenvalue weighted by molar-refractivity contribution is 8.00. The van der Waals surface area contributed by atoms with Crippen LogP contribution < -0.4 is 0 Å². The first-order chi connectivity index (χ1) is 11.1. The van der Waals surface area contributed by atoms with Crippen LogP contribution in [0.5, 0.6) is 0 Å². The summed E-state index contributed by atoms with van der Waals surface area (Å²) < 4.78 is 9.58. The number of imide groups is 1. The average molecular weight is 335 g/mol. The number of benzene rings is 1. The third-order valence-corrected chi connectivity index (χ3v) is 4.81. The van der Waals surface area contributed by atoms with E-state index >= 15 is 0 Å². The summed E-state index contributed by atoms with van der Waals surface area (Å²) in [7, 11) is 0. The molecule has 6 nitrogen and oxygen atoms in total. The van der Waals surface area contributed by atoms with Crippen LogP contribution in [-0.4, -0.2) is 48.4 Å². The number of carbonyl (C=O) groups is 3. The third-order valence-electron chi connectivity index (χ3n) is 3.85. The monoisotopic (exact) mass is 335 g/mol. The molecule has 1 aromatic rings. The zero-order chi connectivity index (χ0) is 16.2. The zero-order valence-electron chi connectivity index (χ0n) is 12.6. The number of aryl methyl sites for hydroxylation is 2. The summed E-state index contributed by atoms with van der Waals surface area (Å²) in [5.74, 6) is -0.893. The molecule has 2 aliphatic rings. The maximum atomic E-state index is 11.7. The molecule has 2 amide bonds. The Hall–Kier alpha value is -2.02. The molecule has 1 heterocycles. The van der Waals surface area contributed by atoms with Crippen molar-refractivity contribution in [2.24, 2.45) is 0 Å². The fraction of sp³-hybridized carbons (Fsp3) is 0.438. The highest BCUT2D eigenvalue weighted by Gasteiger charge is 2.28. The number of hydrogen-bond acceptors (Lipinski definition) is 6. The van der Waals surface area contributed by atoms with Gasteiger partial charge in [0.25, 0.3) is 5.91 Å². The molecule has 7 heteroatoms. The maximum absolute atomic E-state index is 11.7. The van der Waals surface area contributed by atoms with Gasteiger partial charge in [-0.3, -0.25) is 9.59 Å². The van der Waals surface area contributed by atoms with Gasteiger partial charge in [0.2, 0.25) is 0 Å². The maximum Gasteiger partial charge on any atom is 0.416 e. The molecule has 3 rings (SSSR count). The number of rotatable bonds is 5. The quantitative estimate of drug-likeness (QED) is 0.603. The van der Waals surface area contributed by atoms with E-state index < -0.39 is 24.6 Å². The van der Waals surface area contributed by atoms with Gasteiger partial charge in [0.15, 0.2) is 6.61 Å². The molecular formula is C16H17NO5S. The summed E-state index contributed by atoms with van der Waals surface area (Å²) in [5.41, 5.74) is 2.74. The summed E-state index contributed by atoms with van der Waals surface area (Å²) in [5, 5.41) is 0. The third kappa shape index (κ3) is 3.85. The van der Waals surface area contributed by atoms with E-state index in [0.717, 1.165) is 22.6 Å². The second-order valence-electron chi connectivity index (χ2n) is 5.39. The Kier molecular flexibility index (Phi) is 4.85. The predicted octanol–water partition coefficient (Wildman–Crippen LogP) is 1.79. The molecule has 0 spiro atoms. The number of nitrogens with zero attached hydrogens (tertiary/aromatic N) is 1. The Morgan fingerprint density at radius 2 is 2.09 bits per heavy atom. The number of thioether (sulfide) groups is 1. The van der Waals surface area contributed by atoms with Gasteiger partial charge >= 0.3 is 12.1 Å². The van der Waals surface area contributed by atoms with Gasteiger partial charge < -0.3 is 9.47 Å². The smallest absolute Gasteiger partial charge is 0.416 e. The normalized spacial score (nSPS) is 16.2. The van der Waals surface area contributed by atoms with Gasteiger partial charge in [0.05, 0.1) is 12.3 Å². The highest BCUT2D eigenvalue weighted by Crippen LogP contribution is 2.27. The number of esters is 1. The van der Waals surface area contributed by atoms with E-state index in [4.69, 9.17) is 4.74 Å².